The first-order chi connectivity index (χ1) is 10.7. The molecule has 108 valence electrons. The number of hydrogen-bond donors (Lipinski definition) is 0. The molecule has 1 aromatic heterocycles. The van der Waals surface area contributed by atoms with Crippen molar-refractivity contribution in [2.45, 2.75) is 6.54 Å². The summed E-state index contributed by atoms with van der Waals surface area (Å²) in [5.41, 5.74) is 1.10. The Balaban J connectivity index is 1.85. The lowest BCUT2D eigenvalue weighted by Gasteiger charge is -2.13. The van der Waals surface area contributed by atoms with Gasteiger partial charge in [0.25, 0.3) is 11.1 Å². The fourth-order valence-corrected chi connectivity index (χ4v) is 2.89. The summed E-state index contributed by atoms with van der Waals surface area (Å²) in [6, 6.07) is 12.4. The quantitative estimate of drug-likeness (QED) is 0.812. The number of nitrogens with zero attached hydrogens (tertiary/aromatic N) is 2. The summed E-state index contributed by atoms with van der Waals surface area (Å²) in [5.74, 6) is 0.141. The van der Waals surface area contributed by atoms with E-state index in [1.54, 1.807) is 42.5 Å². The minimum absolute atomic E-state index is 0.0872. The van der Waals surface area contributed by atoms with Gasteiger partial charge in [-0.15, -0.1) is 0 Å². The van der Waals surface area contributed by atoms with Crippen LogP contribution in [0, 0.1) is 11.3 Å². The molecular formula is C16H10N2O3S. The van der Waals surface area contributed by atoms with Gasteiger partial charge in [0.05, 0.1) is 29.3 Å². The van der Waals surface area contributed by atoms with Crippen molar-refractivity contribution in [1.29, 1.82) is 5.26 Å². The lowest BCUT2D eigenvalue weighted by Crippen LogP contribution is -2.27. The van der Waals surface area contributed by atoms with Gasteiger partial charge in [-0.2, -0.15) is 5.26 Å². The van der Waals surface area contributed by atoms with Crippen molar-refractivity contribution >= 4 is 29.0 Å². The van der Waals surface area contributed by atoms with Crippen molar-refractivity contribution in [2.24, 2.45) is 0 Å². The highest BCUT2D eigenvalue weighted by Gasteiger charge is 2.35. The molecular weight excluding hydrogens is 300 g/mol. The number of rotatable bonds is 3. The maximum atomic E-state index is 12.3. The molecule has 1 aliphatic heterocycles. The molecule has 0 radical (unpaired) electrons. The van der Waals surface area contributed by atoms with Crippen molar-refractivity contribution in [2.75, 3.05) is 0 Å². The van der Waals surface area contributed by atoms with Crippen LogP contribution in [0.2, 0.25) is 0 Å². The highest BCUT2D eigenvalue weighted by Crippen LogP contribution is 2.33. The summed E-state index contributed by atoms with van der Waals surface area (Å²) in [6.45, 7) is 0.0872. The molecule has 5 nitrogen and oxygen atoms in total. The van der Waals surface area contributed by atoms with Crippen molar-refractivity contribution in [1.82, 2.24) is 4.90 Å². The van der Waals surface area contributed by atoms with Gasteiger partial charge >= 0.3 is 0 Å². The monoisotopic (exact) mass is 310 g/mol. The molecule has 0 unspecified atom stereocenters. The highest BCUT2D eigenvalue weighted by molar-refractivity contribution is 8.18. The molecule has 1 aromatic carbocycles. The fraction of sp³-hybridized carbons (Fsp3) is 0.0625. The zero-order valence-corrected chi connectivity index (χ0v) is 12.2. The molecule has 0 aliphatic carbocycles. The molecule has 1 aliphatic rings. The van der Waals surface area contributed by atoms with E-state index in [0.717, 1.165) is 16.7 Å². The van der Waals surface area contributed by atoms with Crippen LogP contribution in [0.25, 0.3) is 6.08 Å². The van der Waals surface area contributed by atoms with Crippen LogP contribution in [-0.2, 0) is 11.3 Å². The largest absolute Gasteiger partial charge is 0.465 e. The molecule has 2 heterocycles. The summed E-state index contributed by atoms with van der Waals surface area (Å²) in [6.07, 6.45) is 3.04. The van der Waals surface area contributed by atoms with E-state index in [-0.39, 0.29) is 17.7 Å². The molecule has 0 saturated carbocycles. The van der Waals surface area contributed by atoms with Crippen molar-refractivity contribution in [3.05, 3.63) is 64.5 Å². The Morgan fingerprint density at radius 1 is 1.23 bits per heavy atom. The van der Waals surface area contributed by atoms with E-state index >= 15 is 0 Å². The molecule has 1 saturated heterocycles. The highest BCUT2D eigenvalue weighted by atomic mass is 32.2. The second-order valence-electron chi connectivity index (χ2n) is 4.55. The van der Waals surface area contributed by atoms with Gasteiger partial charge < -0.3 is 4.42 Å². The minimum atomic E-state index is -0.376. The fourth-order valence-electron chi connectivity index (χ4n) is 2.08. The Kier molecular flexibility index (Phi) is 3.81. The van der Waals surface area contributed by atoms with Gasteiger partial charge in [-0.05, 0) is 35.5 Å². The van der Waals surface area contributed by atoms with Crippen molar-refractivity contribution < 1.29 is 14.0 Å². The number of carbonyl (C=O) groups excluding carboxylic acids is 2. The predicted molar refractivity (Wildman–Crippen MR) is 81.4 cm³/mol. The number of imide groups is 1. The summed E-state index contributed by atoms with van der Waals surface area (Å²) in [4.78, 5) is 25.8. The van der Waals surface area contributed by atoms with E-state index in [0.29, 0.717) is 21.8 Å². The van der Waals surface area contributed by atoms with Crippen molar-refractivity contribution in [3.63, 3.8) is 0 Å². The van der Waals surface area contributed by atoms with Crippen LogP contribution in [-0.4, -0.2) is 16.0 Å². The molecule has 0 atom stereocenters. The Hall–Kier alpha value is -2.78. The number of nitriles is 1. The summed E-state index contributed by atoms with van der Waals surface area (Å²) >= 11 is 0.868. The molecule has 6 heteroatoms. The molecule has 1 fully saturated rings. The normalized spacial score (nSPS) is 16.3. The first kappa shape index (κ1) is 14.2. The Morgan fingerprint density at radius 3 is 2.77 bits per heavy atom. The van der Waals surface area contributed by atoms with E-state index < -0.39 is 0 Å². The molecule has 2 amide bonds. The minimum Gasteiger partial charge on any atom is -0.465 e. The van der Waals surface area contributed by atoms with Crippen LogP contribution in [0.1, 0.15) is 16.9 Å². The smallest absolute Gasteiger partial charge is 0.293 e. The Bertz CT molecular complexity index is 803. The number of hydrogen-bond acceptors (Lipinski definition) is 5. The molecule has 0 spiro atoms. The van der Waals surface area contributed by atoms with E-state index in [2.05, 4.69) is 6.07 Å². The van der Waals surface area contributed by atoms with Crippen LogP contribution < -0.4 is 0 Å². The molecule has 3 rings (SSSR count). The van der Waals surface area contributed by atoms with Gasteiger partial charge in [0.2, 0.25) is 0 Å². The lowest BCUT2D eigenvalue weighted by atomic mass is 10.1. The maximum Gasteiger partial charge on any atom is 0.293 e. The zero-order chi connectivity index (χ0) is 15.5. The Labute approximate surface area is 130 Å². The van der Waals surface area contributed by atoms with Gasteiger partial charge in [-0.1, -0.05) is 18.2 Å². The number of carbonyl (C=O) groups is 2. The van der Waals surface area contributed by atoms with Crippen molar-refractivity contribution in [3.8, 4) is 6.07 Å². The van der Waals surface area contributed by atoms with Gasteiger partial charge in [0, 0.05) is 6.08 Å². The van der Waals surface area contributed by atoms with Crippen LogP contribution in [0.5, 0.6) is 0 Å². The van der Waals surface area contributed by atoms with Crippen LogP contribution in [0.3, 0.4) is 0 Å². The SMILES string of the molecule is N#Cc1ccccc1CN1C(=O)S/C(=C\c2ccco2)C1=O. The summed E-state index contributed by atoms with van der Waals surface area (Å²) < 4.78 is 5.15. The van der Waals surface area contributed by atoms with E-state index in [9.17, 15) is 9.59 Å². The van der Waals surface area contributed by atoms with Gasteiger partial charge in [-0.3, -0.25) is 14.5 Å². The first-order valence-electron chi connectivity index (χ1n) is 6.46. The molecule has 22 heavy (non-hydrogen) atoms. The number of amides is 2. The third-order valence-electron chi connectivity index (χ3n) is 3.16. The maximum absolute atomic E-state index is 12.3. The second-order valence-corrected chi connectivity index (χ2v) is 5.55. The summed E-state index contributed by atoms with van der Waals surface area (Å²) in [7, 11) is 0. The van der Waals surface area contributed by atoms with Gasteiger partial charge in [0.1, 0.15) is 5.76 Å². The van der Waals surface area contributed by atoms with Gasteiger partial charge in [0.15, 0.2) is 0 Å². The van der Waals surface area contributed by atoms with Crippen LogP contribution >= 0.6 is 11.8 Å². The number of benzene rings is 1. The molecule has 0 bridgehead atoms. The summed E-state index contributed by atoms with van der Waals surface area (Å²) in [5, 5.41) is 8.73. The number of thioether (sulfide) groups is 1. The van der Waals surface area contributed by atoms with E-state index in [4.69, 9.17) is 9.68 Å². The van der Waals surface area contributed by atoms with E-state index in [1.807, 2.05) is 0 Å². The molecule has 2 aromatic rings. The first-order valence-corrected chi connectivity index (χ1v) is 7.27. The third kappa shape index (κ3) is 2.67. The van der Waals surface area contributed by atoms with Crippen LogP contribution in [0.15, 0.2) is 52.0 Å². The standard InChI is InChI=1S/C16H10N2O3S/c17-9-11-4-1-2-5-12(11)10-18-15(19)14(22-16(18)20)8-13-6-3-7-21-13/h1-8H,10H2/b14-8-. The van der Waals surface area contributed by atoms with Crippen LogP contribution in [0.4, 0.5) is 4.79 Å². The third-order valence-corrected chi connectivity index (χ3v) is 4.06. The molecule has 0 N–H and O–H groups in total. The Morgan fingerprint density at radius 2 is 2.05 bits per heavy atom. The van der Waals surface area contributed by atoms with E-state index in [1.165, 1.54) is 6.26 Å². The lowest BCUT2D eigenvalue weighted by molar-refractivity contribution is -0.123. The second kappa shape index (κ2) is 5.92. The zero-order valence-electron chi connectivity index (χ0n) is 11.4. The predicted octanol–water partition coefficient (Wildman–Crippen LogP) is 3.39. The topological polar surface area (TPSA) is 74.3 Å². The average Bonchev–Trinajstić information content (AvgIpc) is 3.12. The average molecular weight is 310 g/mol. The number of furan rings is 1. The van der Waals surface area contributed by atoms with Gasteiger partial charge in [-0.25, -0.2) is 0 Å².